The molecule has 0 fully saturated rings. The van der Waals surface area contributed by atoms with Crippen molar-refractivity contribution < 1.29 is 9.18 Å². The highest BCUT2D eigenvalue weighted by molar-refractivity contribution is 6.07. The Morgan fingerprint density at radius 1 is 1.32 bits per heavy atom. The third-order valence-electron chi connectivity index (χ3n) is 2.54. The lowest BCUT2D eigenvalue weighted by Gasteiger charge is -2.10. The molecule has 0 aliphatic carbocycles. The molecule has 0 saturated heterocycles. The zero-order valence-corrected chi connectivity index (χ0v) is 10.3. The Bertz CT molecular complexity index is 598. The topological polar surface area (TPSA) is 80.0 Å². The van der Waals surface area contributed by atoms with Gasteiger partial charge in [-0.15, -0.1) is 0 Å². The first-order chi connectivity index (χ1) is 9.10. The number of carbonyl (C=O) groups excluding carboxylic acids is 1. The summed E-state index contributed by atoms with van der Waals surface area (Å²) in [6.07, 6.45) is 1.03. The quantitative estimate of drug-likeness (QED) is 0.583. The molecular formula is C13H13FN4O. The van der Waals surface area contributed by atoms with Crippen LogP contribution >= 0.6 is 0 Å². The molecule has 1 aromatic heterocycles. The molecule has 1 amide bonds. The van der Waals surface area contributed by atoms with Gasteiger partial charge in [0.25, 0.3) is 5.91 Å². The Balaban J connectivity index is 2.22. The van der Waals surface area contributed by atoms with Crippen LogP contribution in [-0.4, -0.2) is 10.9 Å². The number of nitrogens with two attached hydrogens (primary N) is 1. The molecule has 5 nitrogen and oxygen atoms in total. The van der Waals surface area contributed by atoms with Crippen molar-refractivity contribution in [3.63, 3.8) is 0 Å². The predicted octanol–water partition coefficient (Wildman–Crippen LogP) is 2.07. The monoisotopic (exact) mass is 260 g/mol. The van der Waals surface area contributed by atoms with Crippen LogP contribution in [-0.2, 0) is 0 Å². The predicted molar refractivity (Wildman–Crippen MR) is 71.1 cm³/mol. The van der Waals surface area contributed by atoms with Crippen LogP contribution in [0.15, 0.2) is 36.5 Å². The van der Waals surface area contributed by atoms with E-state index in [-0.39, 0.29) is 11.7 Å². The number of hydrazine groups is 1. The third kappa shape index (κ3) is 3.05. The van der Waals surface area contributed by atoms with Gasteiger partial charge in [-0.3, -0.25) is 10.6 Å². The molecule has 0 radical (unpaired) electrons. The van der Waals surface area contributed by atoms with Gasteiger partial charge in [-0.2, -0.15) is 0 Å². The molecule has 1 heterocycles. The molecule has 98 valence electrons. The number of hydrogen-bond acceptors (Lipinski definition) is 4. The molecule has 6 heteroatoms. The van der Waals surface area contributed by atoms with Gasteiger partial charge in [-0.25, -0.2) is 9.37 Å². The molecule has 0 aliphatic rings. The first kappa shape index (κ1) is 13.0. The first-order valence-electron chi connectivity index (χ1n) is 5.60. The SMILES string of the molecule is Cc1ccc(C(=O)Nc2ccc(F)cn2)c(NN)c1. The van der Waals surface area contributed by atoms with Crippen LogP contribution < -0.4 is 16.6 Å². The van der Waals surface area contributed by atoms with E-state index in [1.807, 2.05) is 6.92 Å². The van der Waals surface area contributed by atoms with E-state index >= 15 is 0 Å². The van der Waals surface area contributed by atoms with Gasteiger partial charge in [0.15, 0.2) is 0 Å². The summed E-state index contributed by atoms with van der Waals surface area (Å²) in [5.41, 5.74) is 4.35. The summed E-state index contributed by atoms with van der Waals surface area (Å²) < 4.78 is 12.7. The van der Waals surface area contributed by atoms with Crippen molar-refractivity contribution in [3.05, 3.63) is 53.5 Å². The van der Waals surface area contributed by atoms with Crippen LogP contribution in [0.25, 0.3) is 0 Å². The van der Waals surface area contributed by atoms with Gasteiger partial charge in [-0.05, 0) is 36.8 Å². The Kier molecular flexibility index (Phi) is 3.72. The van der Waals surface area contributed by atoms with E-state index < -0.39 is 5.82 Å². The summed E-state index contributed by atoms with van der Waals surface area (Å²) in [6.45, 7) is 1.89. The van der Waals surface area contributed by atoms with E-state index in [0.717, 1.165) is 11.8 Å². The van der Waals surface area contributed by atoms with Crippen molar-refractivity contribution >= 4 is 17.4 Å². The summed E-state index contributed by atoms with van der Waals surface area (Å²) >= 11 is 0. The zero-order valence-electron chi connectivity index (χ0n) is 10.3. The van der Waals surface area contributed by atoms with Crippen molar-refractivity contribution in [2.24, 2.45) is 5.84 Å². The molecule has 0 aliphatic heterocycles. The molecule has 0 saturated carbocycles. The number of nitrogens with one attached hydrogen (secondary N) is 2. The van der Waals surface area contributed by atoms with Gasteiger partial charge in [0.1, 0.15) is 11.6 Å². The van der Waals surface area contributed by atoms with Crippen LogP contribution in [0, 0.1) is 12.7 Å². The lowest BCUT2D eigenvalue weighted by atomic mass is 10.1. The van der Waals surface area contributed by atoms with Crippen molar-refractivity contribution in [1.29, 1.82) is 0 Å². The summed E-state index contributed by atoms with van der Waals surface area (Å²) in [6, 6.07) is 7.82. The molecule has 19 heavy (non-hydrogen) atoms. The number of nitrogens with zero attached hydrogens (tertiary/aromatic N) is 1. The number of hydrogen-bond donors (Lipinski definition) is 3. The maximum Gasteiger partial charge on any atom is 0.258 e. The standard InChI is InChI=1S/C13H13FN4O/c1-8-2-4-10(11(6-8)18-15)13(19)17-12-5-3-9(14)7-16-12/h2-7,18H,15H2,1H3,(H,16,17,19). The maximum atomic E-state index is 12.7. The highest BCUT2D eigenvalue weighted by atomic mass is 19.1. The molecule has 0 atom stereocenters. The van der Waals surface area contributed by atoms with E-state index in [4.69, 9.17) is 5.84 Å². The minimum Gasteiger partial charge on any atom is -0.323 e. The summed E-state index contributed by atoms with van der Waals surface area (Å²) in [5, 5.41) is 2.57. The normalized spacial score (nSPS) is 10.1. The Morgan fingerprint density at radius 2 is 2.11 bits per heavy atom. The maximum absolute atomic E-state index is 12.7. The van der Waals surface area contributed by atoms with Gasteiger partial charge in [0.05, 0.1) is 17.4 Å². The van der Waals surface area contributed by atoms with Crippen LogP contribution in [0.1, 0.15) is 15.9 Å². The van der Waals surface area contributed by atoms with Crippen LogP contribution in [0.3, 0.4) is 0 Å². The van der Waals surface area contributed by atoms with Gasteiger partial charge in [-0.1, -0.05) is 6.07 Å². The summed E-state index contributed by atoms with van der Waals surface area (Å²) in [5.74, 6) is 4.82. The fraction of sp³-hybridized carbons (Fsp3) is 0.0769. The number of anilines is 2. The van der Waals surface area contributed by atoms with Crippen LogP contribution in [0.5, 0.6) is 0 Å². The van der Waals surface area contributed by atoms with Crippen molar-refractivity contribution in [3.8, 4) is 0 Å². The second-order valence-corrected chi connectivity index (χ2v) is 4.01. The molecule has 2 rings (SSSR count). The number of aromatic nitrogens is 1. The minimum absolute atomic E-state index is 0.273. The molecular weight excluding hydrogens is 247 g/mol. The minimum atomic E-state index is -0.461. The first-order valence-corrected chi connectivity index (χ1v) is 5.60. The molecule has 1 aromatic carbocycles. The number of rotatable bonds is 3. The number of carbonyl (C=O) groups is 1. The molecule has 0 unspecified atom stereocenters. The highest BCUT2D eigenvalue weighted by Gasteiger charge is 2.11. The average Bonchev–Trinajstić information content (AvgIpc) is 2.41. The average molecular weight is 260 g/mol. The smallest absolute Gasteiger partial charge is 0.258 e. The molecule has 0 spiro atoms. The fourth-order valence-corrected chi connectivity index (χ4v) is 1.61. The van der Waals surface area contributed by atoms with Gasteiger partial charge < -0.3 is 10.7 Å². The van der Waals surface area contributed by atoms with Crippen LogP contribution in [0.2, 0.25) is 0 Å². The van der Waals surface area contributed by atoms with E-state index in [1.54, 1.807) is 18.2 Å². The summed E-state index contributed by atoms with van der Waals surface area (Å²) in [7, 11) is 0. The van der Waals surface area contributed by atoms with Gasteiger partial charge >= 0.3 is 0 Å². The number of aryl methyl sites for hydroxylation is 1. The second-order valence-electron chi connectivity index (χ2n) is 4.01. The largest absolute Gasteiger partial charge is 0.323 e. The lowest BCUT2D eigenvalue weighted by molar-refractivity contribution is 0.102. The van der Waals surface area contributed by atoms with Crippen LogP contribution in [0.4, 0.5) is 15.9 Å². The molecule has 0 bridgehead atoms. The van der Waals surface area contributed by atoms with E-state index in [1.165, 1.54) is 12.1 Å². The van der Waals surface area contributed by atoms with Crippen molar-refractivity contribution in [2.45, 2.75) is 6.92 Å². The van der Waals surface area contributed by atoms with Crippen molar-refractivity contribution in [2.75, 3.05) is 10.7 Å². The number of nitrogen functional groups attached to an aromatic ring is 1. The number of benzene rings is 1. The van der Waals surface area contributed by atoms with Crippen molar-refractivity contribution in [1.82, 2.24) is 4.98 Å². The lowest BCUT2D eigenvalue weighted by Crippen LogP contribution is -2.17. The zero-order chi connectivity index (χ0) is 13.8. The number of amides is 1. The van der Waals surface area contributed by atoms with Gasteiger partial charge in [0.2, 0.25) is 0 Å². The molecule has 4 N–H and O–H groups in total. The Hall–Kier alpha value is -2.47. The second kappa shape index (κ2) is 5.45. The summed E-state index contributed by atoms with van der Waals surface area (Å²) in [4.78, 5) is 15.8. The van der Waals surface area contributed by atoms with E-state index in [9.17, 15) is 9.18 Å². The fourth-order valence-electron chi connectivity index (χ4n) is 1.61. The molecule has 2 aromatic rings. The van der Waals surface area contributed by atoms with E-state index in [0.29, 0.717) is 11.3 Å². The Labute approximate surface area is 109 Å². The Morgan fingerprint density at radius 3 is 2.74 bits per heavy atom. The van der Waals surface area contributed by atoms with E-state index in [2.05, 4.69) is 15.7 Å². The third-order valence-corrected chi connectivity index (χ3v) is 2.54. The number of halogens is 1. The number of pyridine rings is 1. The van der Waals surface area contributed by atoms with Gasteiger partial charge in [0, 0.05) is 0 Å². The highest BCUT2D eigenvalue weighted by Crippen LogP contribution is 2.17.